The molecule has 0 bridgehead atoms. The number of rotatable bonds is 3. The van der Waals surface area contributed by atoms with Crippen LogP contribution in [0.15, 0.2) is 42.6 Å². The number of benzene rings is 1. The van der Waals surface area contributed by atoms with Gasteiger partial charge in [0, 0.05) is 17.4 Å². The van der Waals surface area contributed by atoms with Crippen molar-refractivity contribution in [3.63, 3.8) is 0 Å². The highest BCUT2D eigenvalue weighted by Gasteiger charge is 2.07. The van der Waals surface area contributed by atoms with E-state index in [9.17, 15) is 13.5 Å². The van der Waals surface area contributed by atoms with Gasteiger partial charge in [-0.1, -0.05) is 12.1 Å². The lowest BCUT2D eigenvalue weighted by atomic mass is 10.1. The molecule has 2 rings (SSSR count). The standard InChI is InChI=1S/C12H12N2O3S/c1-18(16,17)14-10-5-2-4-9(8-10)12-11(15)6-3-7-13-12/h2-8,14-15H,1H3. The lowest BCUT2D eigenvalue weighted by Gasteiger charge is -2.07. The second kappa shape index (κ2) is 4.66. The molecule has 0 aliphatic carbocycles. The SMILES string of the molecule is CS(=O)(=O)Nc1cccc(-c2ncccc2O)c1. The van der Waals surface area contributed by atoms with E-state index in [0.29, 0.717) is 16.9 Å². The maximum atomic E-state index is 11.1. The molecule has 1 aromatic heterocycles. The van der Waals surface area contributed by atoms with Crippen LogP contribution < -0.4 is 4.72 Å². The van der Waals surface area contributed by atoms with Crippen molar-refractivity contribution in [2.75, 3.05) is 11.0 Å². The first-order valence-corrected chi connectivity index (χ1v) is 7.07. The van der Waals surface area contributed by atoms with Crippen LogP contribution in [0.5, 0.6) is 5.75 Å². The monoisotopic (exact) mass is 264 g/mol. The van der Waals surface area contributed by atoms with Gasteiger partial charge in [0.1, 0.15) is 11.4 Å². The van der Waals surface area contributed by atoms with Crippen molar-refractivity contribution in [2.24, 2.45) is 0 Å². The molecule has 0 saturated carbocycles. The highest BCUT2D eigenvalue weighted by atomic mass is 32.2. The minimum Gasteiger partial charge on any atom is -0.506 e. The van der Waals surface area contributed by atoms with Crippen molar-refractivity contribution in [3.8, 4) is 17.0 Å². The quantitative estimate of drug-likeness (QED) is 0.886. The number of nitrogens with one attached hydrogen (secondary N) is 1. The third kappa shape index (κ3) is 2.98. The van der Waals surface area contributed by atoms with Crippen molar-refractivity contribution >= 4 is 15.7 Å². The summed E-state index contributed by atoms with van der Waals surface area (Å²) in [7, 11) is -3.32. The summed E-state index contributed by atoms with van der Waals surface area (Å²) in [4.78, 5) is 4.06. The van der Waals surface area contributed by atoms with Gasteiger partial charge in [0.25, 0.3) is 0 Å². The molecule has 0 aliphatic heterocycles. The summed E-state index contributed by atoms with van der Waals surface area (Å²) >= 11 is 0. The maximum Gasteiger partial charge on any atom is 0.229 e. The van der Waals surface area contributed by atoms with Gasteiger partial charge < -0.3 is 5.11 Å². The Bertz CT molecular complexity index is 669. The molecule has 0 aliphatic rings. The lowest BCUT2D eigenvalue weighted by molar-refractivity contribution is 0.475. The van der Waals surface area contributed by atoms with Crippen LogP contribution in [-0.4, -0.2) is 24.8 Å². The van der Waals surface area contributed by atoms with E-state index in [1.54, 1.807) is 36.5 Å². The van der Waals surface area contributed by atoms with E-state index in [4.69, 9.17) is 0 Å². The number of anilines is 1. The third-order valence-electron chi connectivity index (χ3n) is 2.23. The molecule has 1 aromatic carbocycles. The molecule has 6 heteroatoms. The molecule has 0 fully saturated rings. The molecule has 0 unspecified atom stereocenters. The number of hydrogen-bond acceptors (Lipinski definition) is 4. The van der Waals surface area contributed by atoms with Gasteiger partial charge in [-0.05, 0) is 24.3 Å². The largest absolute Gasteiger partial charge is 0.506 e. The number of aromatic nitrogens is 1. The Kier molecular flexibility index (Phi) is 3.20. The van der Waals surface area contributed by atoms with Crippen molar-refractivity contribution < 1.29 is 13.5 Å². The van der Waals surface area contributed by atoms with Crippen LogP contribution in [0.3, 0.4) is 0 Å². The fraction of sp³-hybridized carbons (Fsp3) is 0.0833. The molecule has 94 valence electrons. The van der Waals surface area contributed by atoms with E-state index in [2.05, 4.69) is 9.71 Å². The van der Waals surface area contributed by atoms with Crippen molar-refractivity contribution in [2.45, 2.75) is 0 Å². The van der Waals surface area contributed by atoms with E-state index >= 15 is 0 Å². The summed E-state index contributed by atoms with van der Waals surface area (Å²) < 4.78 is 24.7. The molecule has 0 radical (unpaired) electrons. The predicted molar refractivity (Wildman–Crippen MR) is 69.8 cm³/mol. The Hall–Kier alpha value is -2.08. The van der Waals surface area contributed by atoms with E-state index < -0.39 is 10.0 Å². The van der Waals surface area contributed by atoms with Crippen LogP contribution in [0.1, 0.15) is 0 Å². The number of sulfonamides is 1. The van der Waals surface area contributed by atoms with Gasteiger partial charge in [-0.25, -0.2) is 8.42 Å². The molecule has 1 heterocycles. The van der Waals surface area contributed by atoms with Crippen molar-refractivity contribution in [1.82, 2.24) is 4.98 Å². The predicted octanol–water partition coefficient (Wildman–Crippen LogP) is 1.83. The van der Waals surface area contributed by atoms with Crippen LogP contribution in [0, 0.1) is 0 Å². The summed E-state index contributed by atoms with van der Waals surface area (Å²) in [5.74, 6) is 0.0500. The van der Waals surface area contributed by atoms with Crippen molar-refractivity contribution in [3.05, 3.63) is 42.6 Å². The molecule has 0 saturated heterocycles. The fourth-order valence-electron chi connectivity index (χ4n) is 1.56. The minimum atomic E-state index is -3.32. The number of aromatic hydroxyl groups is 1. The average Bonchev–Trinajstić information content (AvgIpc) is 2.27. The highest BCUT2D eigenvalue weighted by Crippen LogP contribution is 2.28. The summed E-state index contributed by atoms with van der Waals surface area (Å²) in [5, 5.41) is 9.69. The Morgan fingerprint density at radius 1 is 1.22 bits per heavy atom. The van der Waals surface area contributed by atoms with Crippen LogP contribution in [0.25, 0.3) is 11.3 Å². The number of pyridine rings is 1. The fourth-order valence-corrected chi connectivity index (χ4v) is 2.12. The molecule has 18 heavy (non-hydrogen) atoms. The first kappa shape index (κ1) is 12.4. The average molecular weight is 264 g/mol. The number of nitrogens with zero attached hydrogens (tertiary/aromatic N) is 1. The Balaban J connectivity index is 2.42. The Morgan fingerprint density at radius 2 is 2.00 bits per heavy atom. The van der Waals surface area contributed by atoms with Gasteiger partial charge in [0.2, 0.25) is 10.0 Å². The zero-order chi connectivity index (χ0) is 13.2. The normalized spacial score (nSPS) is 11.2. The second-order valence-corrected chi connectivity index (χ2v) is 5.57. The van der Waals surface area contributed by atoms with Gasteiger partial charge in [0.15, 0.2) is 0 Å². The van der Waals surface area contributed by atoms with E-state index in [1.807, 2.05) is 0 Å². The molecule has 0 amide bonds. The summed E-state index contributed by atoms with van der Waals surface area (Å²) in [5.41, 5.74) is 1.48. The minimum absolute atomic E-state index is 0.0500. The third-order valence-corrected chi connectivity index (χ3v) is 2.83. The Labute approximate surface area is 105 Å². The molecule has 0 spiro atoms. The van der Waals surface area contributed by atoms with Gasteiger partial charge >= 0.3 is 0 Å². The lowest BCUT2D eigenvalue weighted by Crippen LogP contribution is -2.09. The molecular formula is C12H12N2O3S. The highest BCUT2D eigenvalue weighted by molar-refractivity contribution is 7.92. The molecule has 2 N–H and O–H groups in total. The maximum absolute atomic E-state index is 11.1. The first-order valence-electron chi connectivity index (χ1n) is 5.18. The van der Waals surface area contributed by atoms with Crippen LogP contribution in [-0.2, 0) is 10.0 Å². The Morgan fingerprint density at radius 3 is 2.67 bits per heavy atom. The summed E-state index contributed by atoms with van der Waals surface area (Å²) in [6.07, 6.45) is 2.64. The van der Waals surface area contributed by atoms with Crippen LogP contribution >= 0.6 is 0 Å². The van der Waals surface area contributed by atoms with Gasteiger partial charge in [-0.15, -0.1) is 0 Å². The topological polar surface area (TPSA) is 79.3 Å². The molecule has 5 nitrogen and oxygen atoms in total. The van der Waals surface area contributed by atoms with E-state index in [1.165, 1.54) is 6.07 Å². The van der Waals surface area contributed by atoms with E-state index in [0.717, 1.165) is 6.26 Å². The zero-order valence-electron chi connectivity index (χ0n) is 9.66. The number of hydrogen-bond donors (Lipinski definition) is 2. The summed E-state index contributed by atoms with van der Waals surface area (Å²) in [6, 6.07) is 9.83. The van der Waals surface area contributed by atoms with Crippen LogP contribution in [0.2, 0.25) is 0 Å². The van der Waals surface area contributed by atoms with Crippen molar-refractivity contribution in [1.29, 1.82) is 0 Å². The summed E-state index contributed by atoms with van der Waals surface area (Å²) in [6.45, 7) is 0. The molecular weight excluding hydrogens is 252 g/mol. The van der Waals surface area contributed by atoms with E-state index in [-0.39, 0.29) is 5.75 Å². The first-order chi connectivity index (χ1) is 8.46. The van der Waals surface area contributed by atoms with Gasteiger partial charge in [-0.3, -0.25) is 9.71 Å². The molecule has 0 atom stereocenters. The van der Waals surface area contributed by atoms with Crippen LogP contribution in [0.4, 0.5) is 5.69 Å². The van der Waals surface area contributed by atoms with Gasteiger partial charge in [0.05, 0.1) is 6.26 Å². The molecule has 2 aromatic rings. The van der Waals surface area contributed by atoms with Gasteiger partial charge in [-0.2, -0.15) is 0 Å². The zero-order valence-corrected chi connectivity index (χ0v) is 10.5. The smallest absolute Gasteiger partial charge is 0.229 e. The second-order valence-electron chi connectivity index (χ2n) is 3.83.